The lowest BCUT2D eigenvalue weighted by Gasteiger charge is -2.05. The topological polar surface area (TPSA) is 42.0 Å². The summed E-state index contributed by atoms with van der Waals surface area (Å²) < 4.78 is 0. The van der Waals surface area contributed by atoms with Gasteiger partial charge in [-0.05, 0) is 29.8 Å². The molecule has 1 heterocycles. The number of nitrogens with one attached hydrogen (secondary N) is 1. The molecular weight excluding hydrogens is 271 g/mol. The Morgan fingerprint density at radius 2 is 1.94 bits per heavy atom. The van der Waals surface area contributed by atoms with Crippen LogP contribution >= 0.6 is 23.2 Å². The van der Waals surface area contributed by atoms with E-state index in [1.165, 1.54) is 6.20 Å². The Kier molecular flexibility index (Phi) is 4.18. The number of halogens is 2. The van der Waals surface area contributed by atoms with E-state index in [2.05, 4.69) is 10.3 Å². The fourth-order valence-electron chi connectivity index (χ4n) is 1.43. The molecule has 0 aliphatic carbocycles. The van der Waals surface area contributed by atoms with Crippen LogP contribution in [0.2, 0.25) is 5.15 Å². The summed E-state index contributed by atoms with van der Waals surface area (Å²) in [4.78, 5) is 15.8. The molecule has 0 radical (unpaired) electrons. The molecule has 18 heavy (non-hydrogen) atoms. The minimum Gasteiger partial charge on any atom is -0.322 e. The largest absolute Gasteiger partial charge is 0.322 e. The number of rotatable bonds is 3. The van der Waals surface area contributed by atoms with E-state index in [1.54, 1.807) is 24.3 Å². The van der Waals surface area contributed by atoms with Gasteiger partial charge in [-0.2, -0.15) is 0 Å². The Balaban J connectivity index is 2.11. The van der Waals surface area contributed by atoms with Crippen LogP contribution in [0.1, 0.15) is 15.9 Å². The third-order valence-electron chi connectivity index (χ3n) is 2.35. The van der Waals surface area contributed by atoms with Crippen LogP contribution < -0.4 is 5.32 Å². The lowest BCUT2D eigenvalue weighted by molar-refractivity contribution is 0.102. The molecule has 1 aromatic carbocycles. The Morgan fingerprint density at radius 3 is 2.56 bits per heavy atom. The summed E-state index contributed by atoms with van der Waals surface area (Å²) in [6.45, 7) is 0. The van der Waals surface area contributed by atoms with E-state index in [0.29, 0.717) is 22.3 Å². The number of hydrogen-bond acceptors (Lipinski definition) is 2. The second-order valence-corrected chi connectivity index (χ2v) is 4.31. The number of pyridine rings is 1. The van der Waals surface area contributed by atoms with Crippen LogP contribution in [0.3, 0.4) is 0 Å². The molecule has 5 heteroatoms. The molecule has 0 saturated carbocycles. The third kappa shape index (κ3) is 3.22. The quantitative estimate of drug-likeness (QED) is 0.688. The fourth-order valence-corrected chi connectivity index (χ4v) is 1.78. The molecular formula is C13H10Cl2N2O. The van der Waals surface area contributed by atoms with Gasteiger partial charge in [0.1, 0.15) is 5.15 Å². The molecule has 0 fully saturated rings. The van der Waals surface area contributed by atoms with E-state index in [1.807, 2.05) is 12.1 Å². The monoisotopic (exact) mass is 280 g/mol. The highest BCUT2D eigenvalue weighted by molar-refractivity contribution is 6.29. The van der Waals surface area contributed by atoms with Crippen molar-refractivity contribution in [2.75, 3.05) is 5.32 Å². The molecule has 0 aliphatic rings. The highest BCUT2D eigenvalue weighted by Gasteiger charge is 2.06. The van der Waals surface area contributed by atoms with Crippen molar-refractivity contribution in [1.29, 1.82) is 0 Å². The number of alkyl halides is 1. The molecule has 0 spiro atoms. The summed E-state index contributed by atoms with van der Waals surface area (Å²) in [6, 6.07) is 10.4. The molecule has 0 bridgehead atoms. The number of carbonyl (C=O) groups is 1. The average molecular weight is 281 g/mol. The molecule has 0 saturated heterocycles. The lowest BCUT2D eigenvalue weighted by atomic mass is 10.1. The number of hydrogen-bond donors (Lipinski definition) is 1. The predicted octanol–water partition coefficient (Wildman–Crippen LogP) is 3.73. The zero-order valence-corrected chi connectivity index (χ0v) is 10.9. The van der Waals surface area contributed by atoms with Gasteiger partial charge in [0, 0.05) is 23.3 Å². The predicted molar refractivity (Wildman–Crippen MR) is 73.2 cm³/mol. The minimum atomic E-state index is -0.196. The highest BCUT2D eigenvalue weighted by atomic mass is 35.5. The van der Waals surface area contributed by atoms with Crippen LogP contribution in [0.5, 0.6) is 0 Å². The number of amides is 1. The molecule has 2 rings (SSSR count). The summed E-state index contributed by atoms with van der Waals surface area (Å²) >= 11 is 11.4. The van der Waals surface area contributed by atoms with E-state index in [4.69, 9.17) is 23.2 Å². The first-order valence-corrected chi connectivity index (χ1v) is 6.18. The van der Waals surface area contributed by atoms with Crippen LogP contribution in [0.4, 0.5) is 5.69 Å². The number of benzene rings is 1. The summed E-state index contributed by atoms with van der Waals surface area (Å²) in [5, 5.41) is 3.08. The van der Waals surface area contributed by atoms with E-state index in [-0.39, 0.29) is 5.91 Å². The van der Waals surface area contributed by atoms with Crippen molar-refractivity contribution in [1.82, 2.24) is 4.98 Å². The molecule has 1 aromatic heterocycles. The third-order valence-corrected chi connectivity index (χ3v) is 2.87. The van der Waals surface area contributed by atoms with Crippen LogP contribution in [0.25, 0.3) is 0 Å². The Labute approximate surface area is 115 Å². The first kappa shape index (κ1) is 12.9. The highest BCUT2D eigenvalue weighted by Crippen LogP contribution is 2.14. The van der Waals surface area contributed by atoms with Crippen molar-refractivity contribution in [3.63, 3.8) is 0 Å². The van der Waals surface area contributed by atoms with Crippen molar-refractivity contribution in [3.05, 3.63) is 58.9 Å². The van der Waals surface area contributed by atoms with Crippen molar-refractivity contribution in [2.24, 2.45) is 0 Å². The maximum absolute atomic E-state index is 11.9. The summed E-state index contributed by atoms with van der Waals surface area (Å²) in [5.41, 5.74) is 2.15. The molecule has 1 N–H and O–H groups in total. The Morgan fingerprint density at radius 1 is 1.22 bits per heavy atom. The molecule has 0 unspecified atom stereocenters. The van der Waals surface area contributed by atoms with E-state index >= 15 is 0 Å². The summed E-state index contributed by atoms with van der Waals surface area (Å²) in [5.74, 6) is 0.236. The van der Waals surface area contributed by atoms with Gasteiger partial charge in [-0.3, -0.25) is 4.79 Å². The molecule has 2 aromatic rings. The van der Waals surface area contributed by atoms with Gasteiger partial charge in [-0.15, -0.1) is 11.6 Å². The normalized spacial score (nSPS) is 10.1. The molecule has 3 nitrogen and oxygen atoms in total. The van der Waals surface area contributed by atoms with Gasteiger partial charge in [0.25, 0.3) is 5.91 Å². The van der Waals surface area contributed by atoms with Crippen molar-refractivity contribution < 1.29 is 4.79 Å². The number of nitrogens with zero attached hydrogens (tertiary/aromatic N) is 1. The SMILES string of the molecule is O=C(Nc1ccnc(Cl)c1)c1ccc(CCl)cc1. The second kappa shape index (κ2) is 5.85. The Bertz CT molecular complexity index is 555. The molecule has 92 valence electrons. The lowest BCUT2D eigenvalue weighted by Crippen LogP contribution is -2.11. The van der Waals surface area contributed by atoms with Crippen molar-refractivity contribution in [2.45, 2.75) is 5.88 Å². The number of anilines is 1. The minimum absolute atomic E-state index is 0.196. The van der Waals surface area contributed by atoms with Gasteiger partial charge in [0.15, 0.2) is 0 Å². The van der Waals surface area contributed by atoms with Gasteiger partial charge in [0.2, 0.25) is 0 Å². The molecule has 0 aliphatic heterocycles. The van der Waals surface area contributed by atoms with Crippen molar-refractivity contribution >= 4 is 34.8 Å². The van der Waals surface area contributed by atoms with Gasteiger partial charge in [-0.1, -0.05) is 23.7 Å². The van der Waals surface area contributed by atoms with Gasteiger partial charge < -0.3 is 5.32 Å². The summed E-state index contributed by atoms with van der Waals surface area (Å²) in [7, 11) is 0. The fraction of sp³-hybridized carbons (Fsp3) is 0.0769. The Hall–Kier alpha value is -1.58. The maximum Gasteiger partial charge on any atom is 0.255 e. The van der Waals surface area contributed by atoms with E-state index < -0.39 is 0 Å². The van der Waals surface area contributed by atoms with Gasteiger partial charge in [0.05, 0.1) is 0 Å². The molecule has 1 amide bonds. The van der Waals surface area contributed by atoms with Gasteiger partial charge in [-0.25, -0.2) is 4.98 Å². The molecule has 0 atom stereocenters. The smallest absolute Gasteiger partial charge is 0.255 e. The van der Waals surface area contributed by atoms with Crippen LogP contribution in [0, 0.1) is 0 Å². The van der Waals surface area contributed by atoms with E-state index in [0.717, 1.165) is 5.56 Å². The zero-order valence-electron chi connectivity index (χ0n) is 9.36. The second-order valence-electron chi connectivity index (χ2n) is 3.65. The van der Waals surface area contributed by atoms with Gasteiger partial charge >= 0.3 is 0 Å². The number of carbonyl (C=O) groups excluding carboxylic acids is 1. The standard InChI is InChI=1S/C13H10Cl2N2O/c14-8-9-1-3-10(4-2-9)13(18)17-11-5-6-16-12(15)7-11/h1-7H,8H2,(H,16,17,18). The van der Waals surface area contributed by atoms with E-state index in [9.17, 15) is 4.79 Å². The maximum atomic E-state index is 11.9. The van der Waals surface area contributed by atoms with Crippen molar-refractivity contribution in [3.8, 4) is 0 Å². The van der Waals surface area contributed by atoms with Crippen LogP contribution in [-0.4, -0.2) is 10.9 Å². The first-order chi connectivity index (χ1) is 8.69. The van der Waals surface area contributed by atoms with Crippen LogP contribution in [-0.2, 0) is 5.88 Å². The zero-order chi connectivity index (χ0) is 13.0. The average Bonchev–Trinajstić information content (AvgIpc) is 2.39. The first-order valence-electron chi connectivity index (χ1n) is 5.27. The van der Waals surface area contributed by atoms with Crippen LogP contribution in [0.15, 0.2) is 42.6 Å². The number of aromatic nitrogens is 1. The summed E-state index contributed by atoms with van der Waals surface area (Å²) in [6.07, 6.45) is 1.54.